The van der Waals surface area contributed by atoms with Crippen LogP contribution in [0.1, 0.15) is 38.1 Å². The Morgan fingerprint density at radius 1 is 1.50 bits per heavy atom. The van der Waals surface area contributed by atoms with Gasteiger partial charge in [-0.3, -0.25) is 4.79 Å². The molecule has 0 aliphatic heterocycles. The highest BCUT2D eigenvalue weighted by Crippen LogP contribution is 2.25. The topological polar surface area (TPSA) is 75.4 Å². The summed E-state index contributed by atoms with van der Waals surface area (Å²) >= 11 is 5.94. The molecule has 2 aromatic rings. The molecule has 1 heterocycles. The average Bonchev–Trinajstić information content (AvgIpc) is 2.73. The van der Waals surface area contributed by atoms with Crippen molar-refractivity contribution in [2.75, 3.05) is 0 Å². The lowest BCUT2D eigenvalue weighted by Gasteiger charge is -2.12. The van der Waals surface area contributed by atoms with Crippen molar-refractivity contribution in [3.05, 3.63) is 29.0 Å². The van der Waals surface area contributed by atoms with Crippen molar-refractivity contribution < 1.29 is 15.0 Å². The third kappa shape index (κ3) is 3.11. The minimum atomic E-state index is -1.12. The normalized spacial score (nSPS) is 12.8. The molecule has 0 saturated carbocycles. The Hall–Kier alpha value is -1.59. The zero-order valence-electron chi connectivity index (χ0n) is 11.2. The van der Waals surface area contributed by atoms with Crippen molar-refractivity contribution in [2.24, 2.45) is 0 Å². The lowest BCUT2D eigenvalue weighted by atomic mass is 10.2. The highest BCUT2D eigenvalue weighted by molar-refractivity contribution is 6.31. The van der Waals surface area contributed by atoms with Crippen molar-refractivity contribution in [3.63, 3.8) is 0 Å². The number of hydrogen-bond acceptors (Lipinski definition) is 3. The summed E-state index contributed by atoms with van der Waals surface area (Å²) in [6.45, 7) is 2.77. The van der Waals surface area contributed by atoms with Gasteiger partial charge in [-0.15, -0.1) is 0 Å². The number of rotatable bonds is 6. The van der Waals surface area contributed by atoms with E-state index in [1.165, 1.54) is 0 Å². The number of halogens is 1. The Balaban J connectivity index is 2.47. The summed E-state index contributed by atoms with van der Waals surface area (Å²) in [4.78, 5) is 15.1. The van der Waals surface area contributed by atoms with Crippen LogP contribution >= 0.6 is 11.6 Å². The van der Waals surface area contributed by atoms with Crippen molar-refractivity contribution in [1.82, 2.24) is 9.55 Å². The Kier molecular flexibility index (Phi) is 4.62. The smallest absolute Gasteiger partial charge is 0.306 e. The number of nitrogens with zero attached hydrogens (tertiary/aromatic N) is 2. The molecule has 0 radical (unpaired) electrons. The first-order valence-electron chi connectivity index (χ1n) is 6.58. The molecule has 0 aliphatic rings. The van der Waals surface area contributed by atoms with E-state index in [-0.39, 0.29) is 6.42 Å². The molecule has 1 aromatic carbocycles. The van der Waals surface area contributed by atoms with E-state index >= 15 is 0 Å². The Morgan fingerprint density at radius 2 is 2.25 bits per heavy atom. The van der Waals surface area contributed by atoms with Gasteiger partial charge in [-0.2, -0.15) is 0 Å². The standard InChI is InChI=1S/C14H17ClN2O3/c1-2-3-6-17-11-5-4-9(15)7-10(11)16-14(17)12(18)8-13(19)20/h4-5,7,12,18H,2-3,6,8H2,1H3,(H,19,20)/t12-/m1/s1. The third-order valence-electron chi connectivity index (χ3n) is 3.14. The van der Waals surface area contributed by atoms with Crippen molar-refractivity contribution >= 4 is 28.6 Å². The number of unbranched alkanes of at least 4 members (excludes halogenated alkanes) is 1. The van der Waals surface area contributed by atoms with Gasteiger partial charge in [-0.1, -0.05) is 24.9 Å². The van der Waals surface area contributed by atoms with Crippen LogP contribution < -0.4 is 0 Å². The van der Waals surface area contributed by atoms with E-state index in [9.17, 15) is 9.90 Å². The fourth-order valence-electron chi connectivity index (χ4n) is 2.18. The molecule has 0 amide bonds. The van der Waals surface area contributed by atoms with E-state index in [1.807, 2.05) is 10.6 Å². The van der Waals surface area contributed by atoms with Gasteiger partial charge >= 0.3 is 5.97 Å². The molecule has 0 bridgehead atoms. The Morgan fingerprint density at radius 3 is 2.90 bits per heavy atom. The summed E-state index contributed by atoms with van der Waals surface area (Å²) < 4.78 is 1.88. The van der Waals surface area contributed by atoms with E-state index < -0.39 is 12.1 Å². The lowest BCUT2D eigenvalue weighted by molar-refractivity contribution is -0.139. The molecule has 0 spiro atoms. The number of aliphatic hydroxyl groups is 1. The molecule has 6 heteroatoms. The molecule has 0 aliphatic carbocycles. The Bertz CT molecular complexity index is 624. The van der Waals surface area contributed by atoms with Gasteiger partial charge in [0.25, 0.3) is 0 Å². The van der Waals surface area contributed by atoms with Gasteiger partial charge < -0.3 is 14.8 Å². The van der Waals surface area contributed by atoms with Crippen LogP contribution in [-0.2, 0) is 11.3 Å². The monoisotopic (exact) mass is 296 g/mol. The van der Waals surface area contributed by atoms with Crippen LogP contribution in [0.15, 0.2) is 18.2 Å². The van der Waals surface area contributed by atoms with E-state index in [0.717, 1.165) is 18.4 Å². The summed E-state index contributed by atoms with van der Waals surface area (Å²) in [6.07, 6.45) is 0.460. The maximum atomic E-state index is 10.8. The number of aromatic nitrogens is 2. The maximum Gasteiger partial charge on any atom is 0.306 e. The number of benzene rings is 1. The first kappa shape index (κ1) is 14.8. The molecule has 0 fully saturated rings. The first-order valence-corrected chi connectivity index (χ1v) is 6.96. The van der Waals surface area contributed by atoms with E-state index in [0.29, 0.717) is 22.9 Å². The van der Waals surface area contributed by atoms with Gasteiger partial charge in [0.1, 0.15) is 11.9 Å². The summed E-state index contributed by atoms with van der Waals surface area (Å²) in [5, 5.41) is 19.4. The van der Waals surface area contributed by atoms with Crippen LogP contribution in [0.4, 0.5) is 0 Å². The van der Waals surface area contributed by atoms with Crippen molar-refractivity contribution in [1.29, 1.82) is 0 Å². The molecular weight excluding hydrogens is 280 g/mol. The number of fused-ring (bicyclic) bond motifs is 1. The van der Waals surface area contributed by atoms with Gasteiger partial charge in [0.05, 0.1) is 17.5 Å². The van der Waals surface area contributed by atoms with Gasteiger partial charge in [0.15, 0.2) is 0 Å². The molecular formula is C14H17ClN2O3. The summed E-state index contributed by atoms with van der Waals surface area (Å²) in [7, 11) is 0. The van der Waals surface area contributed by atoms with Gasteiger partial charge in [-0.25, -0.2) is 4.98 Å². The number of aliphatic carboxylic acids is 1. The fourth-order valence-corrected chi connectivity index (χ4v) is 2.35. The average molecular weight is 297 g/mol. The molecule has 20 heavy (non-hydrogen) atoms. The van der Waals surface area contributed by atoms with Crippen LogP contribution in [0.3, 0.4) is 0 Å². The minimum absolute atomic E-state index is 0.358. The molecule has 5 nitrogen and oxygen atoms in total. The molecule has 1 atom stereocenters. The first-order chi connectivity index (χ1) is 9.52. The SMILES string of the molecule is CCCCn1c([C@H](O)CC(=O)O)nc2cc(Cl)ccc21. The quantitative estimate of drug-likeness (QED) is 0.859. The third-order valence-corrected chi connectivity index (χ3v) is 3.38. The zero-order chi connectivity index (χ0) is 14.7. The van der Waals surface area contributed by atoms with E-state index in [2.05, 4.69) is 11.9 Å². The number of carbonyl (C=O) groups is 1. The largest absolute Gasteiger partial charge is 0.481 e. The molecule has 0 saturated heterocycles. The number of aliphatic hydroxyl groups excluding tert-OH is 1. The summed E-state index contributed by atoms with van der Waals surface area (Å²) in [5.74, 6) is -0.664. The summed E-state index contributed by atoms with van der Waals surface area (Å²) in [6, 6.07) is 5.33. The van der Waals surface area contributed by atoms with Gasteiger partial charge in [0, 0.05) is 11.6 Å². The van der Waals surface area contributed by atoms with E-state index in [4.69, 9.17) is 16.7 Å². The van der Waals surface area contributed by atoms with Crippen LogP contribution in [0.25, 0.3) is 11.0 Å². The van der Waals surface area contributed by atoms with Crippen molar-refractivity contribution in [3.8, 4) is 0 Å². The molecule has 2 rings (SSSR count). The number of carboxylic acids is 1. The second kappa shape index (κ2) is 6.24. The molecule has 0 unspecified atom stereocenters. The number of aryl methyl sites for hydroxylation is 1. The van der Waals surface area contributed by atoms with Gasteiger partial charge in [-0.05, 0) is 24.6 Å². The fraction of sp³-hybridized carbons (Fsp3) is 0.429. The van der Waals surface area contributed by atoms with Crippen LogP contribution in [0, 0.1) is 0 Å². The summed E-state index contributed by atoms with van der Waals surface area (Å²) in [5.41, 5.74) is 1.54. The maximum absolute atomic E-state index is 10.8. The predicted octanol–water partition coefficient (Wildman–Crippen LogP) is 3.00. The van der Waals surface area contributed by atoms with Gasteiger partial charge in [0.2, 0.25) is 0 Å². The van der Waals surface area contributed by atoms with E-state index in [1.54, 1.807) is 12.1 Å². The molecule has 108 valence electrons. The number of carboxylic acid groups (broad SMARTS) is 1. The lowest BCUT2D eigenvalue weighted by Crippen LogP contribution is -2.12. The molecule has 1 aromatic heterocycles. The van der Waals surface area contributed by atoms with Crippen LogP contribution in [0.2, 0.25) is 5.02 Å². The predicted molar refractivity (Wildman–Crippen MR) is 76.9 cm³/mol. The zero-order valence-corrected chi connectivity index (χ0v) is 12.0. The minimum Gasteiger partial charge on any atom is -0.481 e. The highest BCUT2D eigenvalue weighted by Gasteiger charge is 2.20. The van der Waals surface area contributed by atoms with Crippen LogP contribution in [-0.4, -0.2) is 25.7 Å². The number of hydrogen-bond donors (Lipinski definition) is 2. The highest BCUT2D eigenvalue weighted by atomic mass is 35.5. The second-order valence-electron chi connectivity index (χ2n) is 4.72. The Labute approximate surface area is 121 Å². The number of imidazole rings is 1. The molecule has 2 N–H and O–H groups in total. The van der Waals surface area contributed by atoms with Crippen molar-refractivity contribution in [2.45, 2.75) is 38.8 Å². The van der Waals surface area contributed by atoms with Crippen LogP contribution in [0.5, 0.6) is 0 Å². The second-order valence-corrected chi connectivity index (χ2v) is 5.16.